The monoisotopic (exact) mass is 440 g/mol. The maximum atomic E-state index is 14.4. The maximum Gasteiger partial charge on any atom is 0.144 e. The fraction of sp³-hybridized carbons (Fsp3) is 0.269. The highest BCUT2D eigenvalue weighted by Gasteiger charge is 2.27. The van der Waals surface area contributed by atoms with Crippen molar-refractivity contribution in [1.29, 1.82) is 5.26 Å². The SMILES string of the molecule is CCCn1c(-c2cncc(-c3cc(F)cc(C#N)c3)c2N2CC[C@H](N)C2)nc2ccccc21. The first-order valence-electron chi connectivity index (χ1n) is 11.2. The van der Waals surface area contributed by atoms with Crippen molar-refractivity contribution >= 4 is 16.7 Å². The van der Waals surface area contributed by atoms with Gasteiger partial charge in [-0.3, -0.25) is 4.98 Å². The van der Waals surface area contributed by atoms with Gasteiger partial charge in [0.1, 0.15) is 11.6 Å². The zero-order valence-electron chi connectivity index (χ0n) is 18.5. The van der Waals surface area contributed by atoms with Gasteiger partial charge in [-0.1, -0.05) is 19.1 Å². The molecule has 1 atom stereocenters. The highest BCUT2D eigenvalue weighted by Crippen LogP contribution is 2.41. The Bertz CT molecular complexity index is 1370. The topological polar surface area (TPSA) is 83.8 Å². The van der Waals surface area contributed by atoms with Gasteiger partial charge in [0.15, 0.2) is 0 Å². The van der Waals surface area contributed by atoms with Crippen molar-refractivity contribution in [3.05, 3.63) is 66.2 Å². The molecule has 2 aromatic carbocycles. The molecule has 7 heteroatoms. The Kier molecular flexibility index (Phi) is 5.53. The third-order valence-electron chi connectivity index (χ3n) is 6.14. The molecule has 1 fully saturated rings. The second-order valence-corrected chi connectivity index (χ2v) is 8.49. The van der Waals surface area contributed by atoms with Gasteiger partial charge in [0, 0.05) is 43.6 Å². The summed E-state index contributed by atoms with van der Waals surface area (Å²) >= 11 is 0. The number of aromatic nitrogens is 3. The first-order chi connectivity index (χ1) is 16.1. The molecule has 2 aromatic heterocycles. The van der Waals surface area contributed by atoms with E-state index < -0.39 is 5.82 Å². The van der Waals surface area contributed by atoms with Gasteiger partial charge in [-0.2, -0.15) is 5.26 Å². The molecule has 3 heterocycles. The van der Waals surface area contributed by atoms with Gasteiger partial charge in [0.25, 0.3) is 0 Å². The fourth-order valence-corrected chi connectivity index (χ4v) is 4.70. The number of anilines is 1. The third-order valence-corrected chi connectivity index (χ3v) is 6.14. The minimum atomic E-state index is -0.447. The van der Waals surface area contributed by atoms with Crippen LogP contribution in [0.3, 0.4) is 0 Å². The molecular weight excluding hydrogens is 415 g/mol. The molecule has 4 aromatic rings. The zero-order chi connectivity index (χ0) is 22.9. The minimum absolute atomic E-state index is 0.0653. The molecule has 0 spiro atoms. The van der Waals surface area contributed by atoms with E-state index in [9.17, 15) is 9.65 Å². The Morgan fingerprint density at radius 3 is 2.76 bits per heavy atom. The molecule has 0 unspecified atom stereocenters. The van der Waals surface area contributed by atoms with E-state index in [-0.39, 0.29) is 11.6 Å². The van der Waals surface area contributed by atoms with Gasteiger partial charge in [0.2, 0.25) is 0 Å². The van der Waals surface area contributed by atoms with Crippen LogP contribution >= 0.6 is 0 Å². The summed E-state index contributed by atoms with van der Waals surface area (Å²) in [5.41, 5.74) is 11.7. The maximum absolute atomic E-state index is 14.4. The van der Waals surface area contributed by atoms with Gasteiger partial charge in [-0.25, -0.2) is 9.37 Å². The number of halogens is 1. The summed E-state index contributed by atoms with van der Waals surface area (Å²) < 4.78 is 16.6. The summed E-state index contributed by atoms with van der Waals surface area (Å²) in [4.78, 5) is 11.7. The summed E-state index contributed by atoms with van der Waals surface area (Å²) in [5.74, 6) is 0.386. The van der Waals surface area contributed by atoms with E-state index in [1.807, 2.05) is 24.4 Å². The largest absolute Gasteiger partial charge is 0.369 e. The average molecular weight is 441 g/mol. The second-order valence-electron chi connectivity index (χ2n) is 8.49. The van der Waals surface area contributed by atoms with Gasteiger partial charge in [-0.15, -0.1) is 0 Å². The van der Waals surface area contributed by atoms with Crippen molar-refractivity contribution < 1.29 is 4.39 Å². The molecule has 1 aliphatic rings. The summed E-state index contributed by atoms with van der Waals surface area (Å²) in [5, 5.41) is 9.39. The van der Waals surface area contributed by atoms with E-state index in [0.29, 0.717) is 12.1 Å². The quantitative estimate of drug-likeness (QED) is 0.485. The lowest BCUT2D eigenvalue weighted by atomic mass is 9.99. The van der Waals surface area contributed by atoms with E-state index in [1.54, 1.807) is 12.3 Å². The number of pyridine rings is 1. The fourth-order valence-electron chi connectivity index (χ4n) is 4.70. The van der Waals surface area contributed by atoms with E-state index >= 15 is 0 Å². The number of benzene rings is 2. The molecule has 2 N–H and O–H groups in total. The normalized spacial score (nSPS) is 15.8. The lowest BCUT2D eigenvalue weighted by Crippen LogP contribution is -2.27. The van der Waals surface area contributed by atoms with Crippen molar-refractivity contribution in [2.24, 2.45) is 5.73 Å². The van der Waals surface area contributed by atoms with Crippen LogP contribution in [-0.4, -0.2) is 33.7 Å². The predicted molar refractivity (Wildman–Crippen MR) is 128 cm³/mol. The van der Waals surface area contributed by atoms with Crippen LogP contribution in [0.15, 0.2) is 54.9 Å². The number of fused-ring (bicyclic) bond motifs is 1. The van der Waals surface area contributed by atoms with Gasteiger partial charge >= 0.3 is 0 Å². The highest BCUT2D eigenvalue weighted by atomic mass is 19.1. The molecule has 1 aliphatic heterocycles. The van der Waals surface area contributed by atoms with Crippen LogP contribution in [0.4, 0.5) is 10.1 Å². The van der Waals surface area contributed by atoms with Crippen molar-refractivity contribution in [3.8, 4) is 28.6 Å². The molecule has 0 radical (unpaired) electrons. The Hall–Kier alpha value is -3.76. The summed E-state index contributed by atoms with van der Waals surface area (Å²) in [7, 11) is 0. The van der Waals surface area contributed by atoms with E-state index in [2.05, 4.69) is 33.5 Å². The van der Waals surface area contributed by atoms with E-state index in [0.717, 1.165) is 59.6 Å². The molecule has 0 aliphatic carbocycles. The molecule has 33 heavy (non-hydrogen) atoms. The van der Waals surface area contributed by atoms with Crippen LogP contribution in [0.5, 0.6) is 0 Å². The second kappa shape index (κ2) is 8.64. The number of nitrogens with two attached hydrogens (primary N) is 1. The molecule has 0 amide bonds. The van der Waals surface area contributed by atoms with Crippen molar-refractivity contribution in [2.45, 2.75) is 32.4 Å². The van der Waals surface area contributed by atoms with Crippen molar-refractivity contribution in [2.75, 3.05) is 18.0 Å². The number of rotatable bonds is 5. The molecular formula is C26H25FN6. The van der Waals surface area contributed by atoms with Crippen LogP contribution in [0.25, 0.3) is 33.5 Å². The molecule has 0 saturated carbocycles. The number of nitrogens with zero attached hydrogens (tertiary/aromatic N) is 5. The minimum Gasteiger partial charge on any atom is -0.369 e. The lowest BCUT2D eigenvalue weighted by Gasteiger charge is -2.25. The number of hydrogen-bond acceptors (Lipinski definition) is 5. The first kappa shape index (κ1) is 21.1. The first-order valence-corrected chi connectivity index (χ1v) is 11.2. The number of para-hydroxylation sites is 2. The Balaban J connectivity index is 1.79. The van der Waals surface area contributed by atoms with Crippen LogP contribution in [0, 0.1) is 17.1 Å². The predicted octanol–water partition coefficient (Wildman–Crippen LogP) is 4.72. The van der Waals surface area contributed by atoms with E-state index in [1.165, 1.54) is 12.1 Å². The number of nitriles is 1. The molecule has 6 nitrogen and oxygen atoms in total. The van der Waals surface area contributed by atoms with Gasteiger partial charge < -0.3 is 15.2 Å². The van der Waals surface area contributed by atoms with E-state index in [4.69, 9.17) is 10.7 Å². The Labute approximate surface area is 192 Å². The summed E-state index contributed by atoms with van der Waals surface area (Å²) in [6.07, 6.45) is 5.41. The van der Waals surface area contributed by atoms with Crippen molar-refractivity contribution in [1.82, 2.24) is 14.5 Å². The van der Waals surface area contributed by atoms with Gasteiger partial charge in [-0.05, 0) is 48.7 Å². The van der Waals surface area contributed by atoms with Crippen LogP contribution in [0.1, 0.15) is 25.3 Å². The number of hydrogen-bond donors (Lipinski definition) is 1. The Morgan fingerprint density at radius 2 is 2.00 bits per heavy atom. The average Bonchev–Trinajstić information content (AvgIpc) is 3.42. The molecule has 166 valence electrons. The van der Waals surface area contributed by atoms with Gasteiger partial charge in [0.05, 0.1) is 33.9 Å². The summed E-state index contributed by atoms with van der Waals surface area (Å²) in [6, 6.07) is 14.6. The summed E-state index contributed by atoms with van der Waals surface area (Å²) in [6.45, 7) is 4.44. The smallest absolute Gasteiger partial charge is 0.144 e. The highest BCUT2D eigenvalue weighted by molar-refractivity contribution is 5.91. The molecule has 5 rings (SSSR count). The Morgan fingerprint density at radius 1 is 1.18 bits per heavy atom. The number of aryl methyl sites for hydroxylation is 1. The third kappa shape index (κ3) is 3.83. The number of imidazole rings is 1. The zero-order valence-corrected chi connectivity index (χ0v) is 18.5. The van der Waals surface area contributed by atoms with Crippen LogP contribution in [-0.2, 0) is 6.54 Å². The van der Waals surface area contributed by atoms with Crippen LogP contribution in [0.2, 0.25) is 0 Å². The molecule has 1 saturated heterocycles. The van der Waals surface area contributed by atoms with Crippen LogP contribution < -0.4 is 10.6 Å². The molecule has 0 bridgehead atoms. The standard InChI is InChI=1S/C26H25FN6/c1-2-8-33-24-6-4-3-5-23(24)31-26(33)22-15-30-14-21(25(22)32-9-7-20(29)16-32)18-10-17(13-28)11-19(27)12-18/h3-6,10-12,14-15,20H,2,7-9,16,29H2,1H3/t20-/m0/s1. The van der Waals surface area contributed by atoms with Crippen molar-refractivity contribution in [3.63, 3.8) is 0 Å². The lowest BCUT2D eigenvalue weighted by molar-refractivity contribution is 0.628.